The molecule has 0 bridgehead atoms. The molecule has 6 heteroatoms. The number of amides is 1. The van der Waals surface area contributed by atoms with Crippen molar-refractivity contribution in [3.63, 3.8) is 0 Å². The summed E-state index contributed by atoms with van der Waals surface area (Å²) in [7, 11) is 0. The number of aromatic nitrogens is 1. The van der Waals surface area contributed by atoms with E-state index in [-0.39, 0.29) is 5.91 Å². The zero-order chi connectivity index (χ0) is 23.2. The third kappa shape index (κ3) is 5.40. The Kier molecular flexibility index (Phi) is 7.37. The lowest BCUT2D eigenvalue weighted by atomic mass is 9.95. The Labute approximate surface area is 201 Å². The third-order valence-corrected chi connectivity index (χ3v) is 6.95. The van der Waals surface area contributed by atoms with E-state index < -0.39 is 0 Å². The number of carbonyl (C=O) groups excluding carboxylic acids is 1. The molecule has 2 N–H and O–H groups in total. The molecule has 2 aliphatic heterocycles. The van der Waals surface area contributed by atoms with E-state index >= 15 is 0 Å². The molecule has 2 aromatic carbocycles. The number of morpholine rings is 1. The van der Waals surface area contributed by atoms with E-state index in [1.54, 1.807) is 0 Å². The highest BCUT2D eigenvalue weighted by atomic mass is 16.5. The van der Waals surface area contributed by atoms with E-state index in [0.29, 0.717) is 31.9 Å². The number of nitrogens with zero attached hydrogens (tertiary/aromatic N) is 2. The van der Waals surface area contributed by atoms with Crippen LogP contribution >= 0.6 is 0 Å². The number of carbonyl (C=O) groups is 1. The first kappa shape index (κ1) is 22.8. The first-order valence-corrected chi connectivity index (χ1v) is 12.6. The average Bonchev–Trinajstić information content (AvgIpc) is 2.91. The van der Waals surface area contributed by atoms with Crippen LogP contribution in [0.25, 0.3) is 22.2 Å². The summed E-state index contributed by atoms with van der Waals surface area (Å²) in [5, 5.41) is 8.33. The van der Waals surface area contributed by atoms with Gasteiger partial charge in [-0.2, -0.15) is 0 Å². The summed E-state index contributed by atoms with van der Waals surface area (Å²) in [4.78, 5) is 19.5. The van der Waals surface area contributed by atoms with Gasteiger partial charge in [-0.05, 0) is 69.0 Å². The van der Waals surface area contributed by atoms with Crippen molar-refractivity contribution in [2.75, 3.05) is 51.3 Å². The second-order valence-corrected chi connectivity index (χ2v) is 9.34. The minimum absolute atomic E-state index is 0.0665. The number of benzene rings is 2. The Bertz CT molecular complexity index is 1100. The number of ether oxygens (including phenoxy) is 1. The summed E-state index contributed by atoms with van der Waals surface area (Å²) in [5.41, 5.74) is 4.74. The van der Waals surface area contributed by atoms with Gasteiger partial charge in [-0.25, -0.2) is 4.98 Å². The van der Waals surface area contributed by atoms with Crippen LogP contribution in [0.15, 0.2) is 54.6 Å². The number of hydrogen-bond acceptors (Lipinski definition) is 5. The SMILES string of the molecule is O=C(c1ccc(-c2cc(NCCCC3CCCNC3)c3ccccc3n2)cc1)N1CCOCC1. The number of anilines is 1. The lowest BCUT2D eigenvalue weighted by Gasteiger charge is -2.26. The van der Waals surface area contributed by atoms with Crippen molar-refractivity contribution in [2.24, 2.45) is 5.92 Å². The summed E-state index contributed by atoms with van der Waals surface area (Å²) >= 11 is 0. The number of hydrogen-bond donors (Lipinski definition) is 2. The van der Waals surface area contributed by atoms with Crippen LogP contribution < -0.4 is 10.6 Å². The highest BCUT2D eigenvalue weighted by molar-refractivity contribution is 5.96. The van der Waals surface area contributed by atoms with Crippen LogP contribution in [0, 0.1) is 5.92 Å². The number of para-hydroxylation sites is 1. The number of rotatable bonds is 7. The molecular weight excluding hydrogens is 424 g/mol. The van der Waals surface area contributed by atoms with Crippen molar-refractivity contribution < 1.29 is 9.53 Å². The summed E-state index contributed by atoms with van der Waals surface area (Å²) in [6.45, 7) is 5.81. The molecule has 0 saturated carbocycles. The molecule has 6 nitrogen and oxygen atoms in total. The number of fused-ring (bicyclic) bond motifs is 1. The Balaban J connectivity index is 1.30. The molecule has 2 fully saturated rings. The van der Waals surface area contributed by atoms with E-state index in [4.69, 9.17) is 9.72 Å². The highest BCUT2D eigenvalue weighted by Crippen LogP contribution is 2.29. The van der Waals surface area contributed by atoms with Crippen molar-refractivity contribution in [2.45, 2.75) is 25.7 Å². The highest BCUT2D eigenvalue weighted by Gasteiger charge is 2.18. The average molecular weight is 459 g/mol. The van der Waals surface area contributed by atoms with Crippen LogP contribution in [-0.2, 0) is 4.74 Å². The van der Waals surface area contributed by atoms with Crippen molar-refractivity contribution in [1.29, 1.82) is 0 Å². The second-order valence-electron chi connectivity index (χ2n) is 9.34. The van der Waals surface area contributed by atoms with Gasteiger partial charge in [0.2, 0.25) is 0 Å². The van der Waals surface area contributed by atoms with Gasteiger partial charge in [0, 0.05) is 41.8 Å². The molecule has 2 saturated heterocycles. The van der Waals surface area contributed by atoms with Crippen LogP contribution in [0.1, 0.15) is 36.0 Å². The molecule has 1 aromatic heterocycles. The lowest BCUT2D eigenvalue weighted by molar-refractivity contribution is 0.0303. The van der Waals surface area contributed by atoms with Gasteiger partial charge >= 0.3 is 0 Å². The Morgan fingerprint density at radius 1 is 1.12 bits per heavy atom. The molecule has 5 rings (SSSR count). The molecule has 1 unspecified atom stereocenters. The fraction of sp³-hybridized carbons (Fsp3) is 0.429. The Hall–Kier alpha value is -2.96. The van der Waals surface area contributed by atoms with Gasteiger partial charge in [0.05, 0.1) is 24.4 Å². The molecule has 3 heterocycles. The smallest absolute Gasteiger partial charge is 0.254 e. The van der Waals surface area contributed by atoms with Crippen LogP contribution in [0.3, 0.4) is 0 Å². The summed E-state index contributed by atoms with van der Waals surface area (Å²) < 4.78 is 5.36. The third-order valence-electron chi connectivity index (χ3n) is 6.95. The molecule has 0 spiro atoms. The first-order valence-electron chi connectivity index (χ1n) is 12.6. The molecule has 2 aliphatic rings. The van der Waals surface area contributed by atoms with Crippen LogP contribution in [0.5, 0.6) is 0 Å². The van der Waals surface area contributed by atoms with Gasteiger partial charge in [0.1, 0.15) is 0 Å². The monoisotopic (exact) mass is 458 g/mol. The van der Waals surface area contributed by atoms with Crippen LogP contribution in [-0.4, -0.2) is 61.7 Å². The van der Waals surface area contributed by atoms with Crippen LogP contribution in [0.2, 0.25) is 0 Å². The van der Waals surface area contributed by atoms with Crippen molar-refractivity contribution in [1.82, 2.24) is 15.2 Å². The number of piperidine rings is 1. The van der Waals surface area contributed by atoms with E-state index in [1.165, 1.54) is 25.8 Å². The molecule has 178 valence electrons. The summed E-state index contributed by atoms with van der Waals surface area (Å²) in [6.07, 6.45) is 5.07. The minimum Gasteiger partial charge on any atom is -0.384 e. The van der Waals surface area contributed by atoms with E-state index in [2.05, 4.69) is 34.9 Å². The molecule has 1 atom stereocenters. The van der Waals surface area contributed by atoms with E-state index in [0.717, 1.165) is 53.3 Å². The lowest BCUT2D eigenvalue weighted by Crippen LogP contribution is -2.40. The van der Waals surface area contributed by atoms with Gasteiger partial charge in [-0.1, -0.05) is 30.3 Å². The van der Waals surface area contributed by atoms with Crippen molar-refractivity contribution >= 4 is 22.5 Å². The molecule has 1 amide bonds. The zero-order valence-corrected chi connectivity index (χ0v) is 19.8. The molecule has 0 radical (unpaired) electrons. The van der Waals surface area contributed by atoms with Gasteiger partial charge in [0.25, 0.3) is 5.91 Å². The molecular formula is C28H34N4O2. The Morgan fingerprint density at radius 3 is 2.74 bits per heavy atom. The maximum absolute atomic E-state index is 12.8. The predicted molar refractivity (Wildman–Crippen MR) is 137 cm³/mol. The number of pyridine rings is 1. The minimum atomic E-state index is 0.0665. The molecule has 34 heavy (non-hydrogen) atoms. The maximum Gasteiger partial charge on any atom is 0.254 e. The fourth-order valence-corrected chi connectivity index (χ4v) is 4.99. The largest absolute Gasteiger partial charge is 0.384 e. The maximum atomic E-state index is 12.8. The predicted octanol–water partition coefficient (Wildman–Crippen LogP) is 4.57. The van der Waals surface area contributed by atoms with Crippen molar-refractivity contribution in [3.8, 4) is 11.3 Å². The van der Waals surface area contributed by atoms with E-state index in [9.17, 15) is 4.79 Å². The number of nitrogens with one attached hydrogen (secondary N) is 2. The quantitative estimate of drug-likeness (QED) is 0.508. The van der Waals surface area contributed by atoms with Crippen LogP contribution in [0.4, 0.5) is 5.69 Å². The summed E-state index contributed by atoms with van der Waals surface area (Å²) in [6, 6.07) is 18.3. The van der Waals surface area contributed by atoms with E-state index in [1.807, 2.05) is 35.2 Å². The van der Waals surface area contributed by atoms with Gasteiger partial charge in [-0.15, -0.1) is 0 Å². The molecule has 3 aromatic rings. The Morgan fingerprint density at radius 2 is 1.94 bits per heavy atom. The van der Waals surface area contributed by atoms with Gasteiger partial charge < -0.3 is 20.3 Å². The van der Waals surface area contributed by atoms with Gasteiger partial charge in [0.15, 0.2) is 0 Å². The first-order chi connectivity index (χ1) is 16.8. The fourth-order valence-electron chi connectivity index (χ4n) is 4.99. The van der Waals surface area contributed by atoms with Crippen molar-refractivity contribution in [3.05, 3.63) is 60.2 Å². The summed E-state index contributed by atoms with van der Waals surface area (Å²) in [5.74, 6) is 0.871. The van der Waals surface area contributed by atoms with Gasteiger partial charge in [-0.3, -0.25) is 4.79 Å². The second kappa shape index (κ2) is 11.0. The molecule has 0 aliphatic carbocycles. The topological polar surface area (TPSA) is 66.5 Å². The standard InChI is InChI=1S/C28H34N4O2/c33-28(32-15-17-34-18-16-32)23-11-9-22(10-12-23)26-19-27(24-7-1-2-8-25(24)31-26)30-14-4-6-21-5-3-13-29-20-21/h1-2,7-12,19,21,29H,3-6,13-18,20H2,(H,30,31). The normalized spacial score (nSPS) is 18.7. The zero-order valence-electron chi connectivity index (χ0n) is 19.8.